The number of H-pyrrole nitrogens is 2. The first-order valence-electron chi connectivity index (χ1n) is 13.0. The van der Waals surface area contributed by atoms with Crippen LogP contribution in [0.3, 0.4) is 0 Å². The fraction of sp³-hybridized carbons (Fsp3) is 0.357. The largest absolute Gasteiger partial charge is 0.365 e. The third-order valence-electron chi connectivity index (χ3n) is 6.44. The molecule has 5 aromatic rings. The van der Waals surface area contributed by atoms with Gasteiger partial charge in [-0.1, -0.05) is 69.3 Å². The molecule has 0 bridgehead atoms. The standard InChI is InChI=1S/C28H34N10O/c1-28(2,3)16-22-30-23-24(27(39)34-31-26(23)29-14-15-37(4)5)38(22)17-18-10-6-7-11-19(18)20-12-8-9-13-21(20)25-32-35-36-33-25/h6-13H,14-17H2,1-5H3,(H,29,31)(H,34,39)(H,32,33,35,36). The zero-order valence-electron chi connectivity index (χ0n) is 23.0. The number of tetrazole rings is 1. The molecule has 3 heterocycles. The highest BCUT2D eigenvalue weighted by atomic mass is 16.1. The van der Waals surface area contributed by atoms with Crippen LogP contribution in [0.2, 0.25) is 0 Å². The number of benzene rings is 2. The van der Waals surface area contributed by atoms with Gasteiger partial charge in [0.15, 0.2) is 5.82 Å². The van der Waals surface area contributed by atoms with Gasteiger partial charge in [0.25, 0.3) is 5.56 Å². The third kappa shape index (κ3) is 5.73. The van der Waals surface area contributed by atoms with Crippen molar-refractivity contribution in [3.63, 3.8) is 0 Å². The molecule has 5 rings (SSSR count). The zero-order chi connectivity index (χ0) is 27.6. The lowest BCUT2D eigenvalue weighted by Crippen LogP contribution is -2.22. The minimum Gasteiger partial charge on any atom is -0.365 e. The van der Waals surface area contributed by atoms with Crippen LogP contribution >= 0.6 is 0 Å². The van der Waals surface area contributed by atoms with Crippen LogP contribution in [-0.4, -0.2) is 72.5 Å². The summed E-state index contributed by atoms with van der Waals surface area (Å²) in [4.78, 5) is 20.3. The number of nitrogens with zero attached hydrogens (tertiary/aromatic N) is 7. The molecule has 2 aromatic carbocycles. The normalized spacial score (nSPS) is 11.9. The number of likely N-dealkylation sites (N-methyl/N-ethyl adjacent to an activating group) is 1. The number of aromatic nitrogens is 8. The Morgan fingerprint density at radius 3 is 2.38 bits per heavy atom. The Hall–Kier alpha value is -4.38. The van der Waals surface area contributed by atoms with E-state index in [1.54, 1.807) is 0 Å². The second kappa shape index (κ2) is 10.8. The highest BCUT2D eigenvalue weighted by molar-refractivity contribution is 5.86. The number of hydrogen-bond donors (Lipinski definition) is 3. The lowest BCUT2D eigenvalue weighted by molar-refractivity contribution is 0.394. The Balaban J connectivity index is 1.64. The summed E-state index contributed by atoms with van der Waals surface area (Å²) in [7, 11) is 4.03. The van der Waals surface area contributed by atoms with E-state index in [1.165, 1.54) is 0 Å². The van der Waals surface area contributed by atoms with Crippen molar-refractivity contribution in [3.8, 4) is 22.5 Å². The smallest absolute Gasteiger partial charge is 0.290 e. The summed E-state index contributed by atoms with van der Waals surface area (Å²) >= 11 is 0. The summed E-state index contributed by atoms with van der Waals surface area (Å²) in [5.41, 5.74) is 4.72. The van der Waals surface area contributed by atoms with E-state index in [2.05, 4.69) is 80.0 Å². The maximum Gasteiger partial charge on any atom is 0.290 e. The molecule has 3 N–H and O–H groups in total. The molecular formula is C28H34N10O. The predicted octanol–water partition coefficient (Wildman–Crippen LogP) is 3.58. The van der Waals surface area contributed by atoms with Crippen molar-refractivity contribution >= 4 is 16.9 Å². The minimum atomic E-state index is -0.263. The molecule has 202 valence electrons. The van der Waals surface area contributed by atoms with Gasteiger partial charge in [-0.25, -0.2) is 10.1 Å². The summed E-state index contributed by atoms with van der Waals surface area (Å²) in [5.74, 6) is 1.95. The molecule has 0 aliphatic carbocycles. The summed E-state index contributed by atoms with van der Waals surface area (Å²) in [6.45, 7) is 8.48. The van der Waals surface area contributed by atoms with E-state index in [-0.39, 0.29) is 11.0 Å². The average molecular weight is 527 g/mol. The van der Waals surface area contributed by atoms with Crippen molar-refractivity contribution < 1.29 is 0 Å². The summed E-state index contributed by atoms with van der Waals surface area (Å²) in [6, 6.07) is 16.2. The number of hydrogen-bond acceptors (Lipinski definition) is 8. The second-order valence-corrected chi connectivity index (χ2v) is 11.1. The third-order valence-corrected chi connectivity index (χ3v) is 6.44. The van der Waals surface area contributed by atoms with Gasteiger partial charge >= 0.3 is 0 Å². The molecule has 0 saturated carbocycles. The Morgan fingerprint density at radius 2 is 1.69 bits per heavy atom. The first-order chi connectivity index (χ1) is 18.7. The topological polar surface area (TPSA) is 133 Å². The number of anilines is 1. The highest BCUT2D eigenvalue weighted by Gasteiger charge is 2.23. The van der Waals surface area contributed by atoms with Gasteiger partial charge in [-0.2, -0.15) is 10.3 Å². The Bertz CT molecular complexity index is 1630. The number of aromatic amines is 2. The molecule has 0 atom stereocenters. The van der Waals surface area contributed by atoms with Gasteiger partial charge in [0.05, 0.1) is 6.54 Å². The van der Waals surface area contributed by atoms with Crippen LogP contribution in [0.1, 0.15) is 32.2 Å². The molecule has 11 nitrogen and oxygen atoms in total. The number of nitrogens with one attached hydrogen (secondary N) is 3. The van der Waals surface area contributed by atoms with Gasteiger partial charge < -0.3 is 14.8 Å². The van der Waals surface area contributed by atoms with Crippen LogP contribution in [0.4, 0.5) is 5.82 Å². The van der Waals surface area contributed by atoms with Crippen molar-refractivity contribution in [1.82, 2.24) is 45.3 Å². The molecule has 0 radical (unpaired) electrons. The first kappa shape index (κ1) is 26.2. The molecule has 39 heavy (non-hydrogen) atoms. The first-order valence-corrected chi connectivity index (χ1v) is 13.0. The van der Waals surface area contributed by atoms with E-state index in [9.17, 15) is 4.79 Å². The monoisotopic (exact) mass is 526 g/mol. The quantitative estimate of drug-likeness (QED) is 0.265. The van der Waals surface area contributed by atoms with Crippen LogP contribution in [0, 0.1) is 5.41 Å². The van der Waals surface area contributed by atoms with Gasteiger partial charge in [0, 0.05) is 25.1 Å². The fourth-order valence-electron chi connectivity index (χ4n) is 4.69. The minimum absolute atomic E-state index is 0.0391. The summed E-state index contributed by atoms with van der Waals surface area (Å²) < 4.78 is 2.04. The van der Waals surface area contributed by atoms with E-state index < -0.39 is 0 Å². The SMILES string of the molecule is CN(C)CCNc1n[nH]c(=O)c2c1nc(CC(C)(C)C)n2Cc1ccccc1-c1ccccc1-c1nn[nH]n1. The fourth-order valence-corrected chi connectivity index (χ4v) is 4.69. The van der Waals surface area contributed by atoms with Crippen molar-refractivity contribution in [3.05, 3.63) is 70.3 Å². The van der Waals surface area contributed by atoms with E-state index in [0.29, 0.717) is 42.2 Å². The molecular weight excluding hydrogens is 492 g/mol. The summed E-state index contributed by atoms with van der Waals surface area (Å²) in [5, 5.41) is 25.0. The van der Waals surface area contributed by atoms with Crippen LogP contribution in [0.15, 0.2) is 53.3 Å². The van der Waals surface area contributed by atoms with Crippen LogP contribution < -0.4 is 10.9 Å². The molecule has 0 amide bonds. The van der Waals surface area contributed by atoms with E-state index in [1.807, 2.05) is 49.0 Å². The number of imidazole rings is 1. The molecule has 0 spiro atoms. The molecule has 0 saturated heterocycles. The van der Waals surface area contributed by atoms with Crippen molar-refractivity contribution in [2.24, 2.45) is 5.41 Å². The molecule has 0 fully saturated rings. The number of rotatable bonds is 9. The van der Waals surface area contributed by atoms with Crippen LogP contribution in [0.25, 0.3) is 33.5 Å². The maximum absolute atomic E-state index is 13.2. The predicted molar refractivity (Wildman–Crippen MR) is 153 cm³/mol. The van der Waals surface area contributed by atoms with Crippen molar-refractivity contribution in [1.29, 1.82) is 0 Å². The Morgan fingerprint density at radius 1 is 0.974 bits per heavy atom. The van der Waals surface area contributed by atoms with Gasteiger partial charge in [0.1, 0.15) is 16.9 Å². The summed E-state index contributed by atoms with van der Waals surface area (Å²) in [6.07, 6.45) is 0.694. The van der Waals surface area contributed by atoms with Gasteiger partial charge in [0.2, 0.25) is 5.82 Å². The van der Waals surface area contributed by atoms with Crippen LogP contribution in [0.5, 0.6) is 0 Å². The van der Waals surface area contributed by atoms with Crippen LogP contribution in [-0.2, 0) is 13.0 Å². The Kier molecular flexibility index (Phi) is 7.25. The lowest BCUT2D eigenvalue weighted by Gasteiger charge is -2.20. The van der Waals surface area contributed by atoms with E-state index in [0.717, 1.165) is 34.6 Å². The number of fused-ring (bicyclic) bond motifs is 1. The lowest BCUT2D eigenvalue weighted by atomic mass is 9.91. The second-order valence-electron chi connectivity index (χ2n) is 11.1. The zero-order valence-corrected chi connectivity index (χ0v) is 23.0. The molecule has 0 unspecified atom stereocenters. The average Bonchev–Trinajstić information content (AvgIpc) is 3.54. The molecule has 0 aliphatic heterocycles. The van der Waals surface area contributed by atoms with E-state index in [4.69, 9.17) is 4.98 Å². The maximum atomic E-state index is 13.2. The molecule has 3 aromatic heterocycles. The Labute approximate surface area is 226 Å². The van der Waals surface area contributed by atoms with Crippen molar-refractivity contribution in [2.75, 3.05) is 32.5 Å². The van der Waals surface area contributed by atoms with Crippen molar-refractivity contribution in [2.45, 2.75) is 33.7 Å². The highest BCUT2D eigenvalue weighted by Crippen LogP contribution is 2.33. The van der Waals surface area contributed by atoms with Gasteiger partial charge in [-0.05, 0) is 41.4 Å². The molecule has 11 heteroatoms. The molecule has 0 aliphatic rings. The van der Waals surface area contributed by atoms with E-state index >= 15 is 0 Å². The van der Waals surface area contributed by atoms with Gasteiger partial charge in [-0.3, -0.25) is 4.79 Å². The van der Waals surface area contributed by atoms with Gasteiger partial charge in [-0.15, -0.1) is 10.2 Å².